The molecule has 2 aromatic carbocycles. The van der Waals surface area contributed by atoms with Gasteiger partial charge in [-0.3, -0.25) is 4.31 Å². The Morgan fingerprint density at radius 2 is 2.04 bits per heavy atom. The molecule has 25 heavy (non-hydrogen) atoms. The lowest BCUT2D eigenvalue weighted by atomic mass is 10.2. The summed E-state index contributed by atoms with van der Waals surface area (Å²) in [5, 5.41) is 9.16. The first-order chi connectivity index (χ1) is 11.7. The molecule has 0 amide bonds. The number of anilines is 1. The third-order valence-electron chi connectivity index (χ3n) is 3.41. The summed E-state index contributed by atoms with van der Waals surface area (Å²) in [6.45, 7) is 1.81. The molecule has 0 aliphatic heterocycles. The SMILES string of the molecule is C#Cc1cccc(N(CC)S(=O)(=O)c2cc(Br)c(Cl)c(C(=O)O)c2)c1. The number of carboxylic acids is 1. The zero-order valence-corrected chi connectivity index (χ0v) is 16.2. The molecule has 0 saturated heterocycles. The number of carboxylic acid groups (broad SMARTS) is 1. The molecule has 0 spiro atoms. The smallest absolute Gasteiger partial charge is 0.337 e. The predicted molar refractivity (Wildman–Crippen MR) is 101 cm³/mol. The summed E-state index contributed by atoms with van der Waals surface area (Å²) in [5.74, 6) is 1.13. The van der Waals surface area contributed by atoms with E-state index in [1.165, 1.54) is 6.07 Å². The minimum atomic E-state index is -4.01. The molecule has 5 nitrogen and oxygen atoms in total. The number of hydrogen-bond acceptors (Lipinski definition) is 3. The zero-order chi connectivity index (χ0) is 18.8. The van der Waals surface area contributed by atoms with Crippen LogP contribution < -0.4 is 4.31 Å². The summed E-state index contributed by atoms with van der Waals surface area (Å²) in [7, 11) is -4.01. The molecule has 2 aromatic rings. The zero-order valence-electron chi connectivity index (χ0n) is 13.0. The largest absolute Gasteiger partial charge is 0.478 e. The first-order valence-corrected chi connectivity index (χ1v) is 9.65. The number of terminal acetylenes is 1. The highest BCUT2D eigenvalue weighted by Crippen LogP contribution is 2.32. The van der Waals surface area contributed by atoms with Gasteiger partial charge in [-0.15, -0.1) is 6.42 Å². The van der Waals surface area contributed by atoms with Crippen molar-refractivity contribution in [2.24, 2.45) is 0 Å². The Bertz CT molecular complexity index is 983. The van der Waals surface area contributed by atoms with Crippen LogP contribution in [0.2, 0.25) is 5.02 Å². The molecule has 0 aromatic heterocycles. The minimum Gasteiger partial charge on any atom is -0.478 e. The average Bonchev–Trinajstić information content (AvgIpc) is 2.57. The summed E-state index contributed by atoms with van der Waals surface area (Å²) in [6, 6.07) is 8.85. The second kappa shape index (κ2) is 7.48. The summed E-state index contributed by atoms with van der Waals surface area (Å²) in [6.07, 6.45) is 5.37. The second-order valence-electron chi connectivity index (χ2n) is 4.94. The third-order valence-corrected chi connectivity index (χ3v) is 6.55. The van der Waals surface area contributed by atoms with Crippen molar-refractivity contribution in [2.75, 3.05) is 10.8 Å². The van der Waals surface area contributed by atoms with E-state index in [0.717, 1.165) is 10.4 Å². The van der Waals surface area contributed by atoms with Crippen LogP contribution in [-0.4, -0.2) is 26.0 Å². The van der Waals surface area contributed by atoms with Crippen molar-refractivity contribution in [1.82, 2.24) is 0 Å². The number of rotatable bonds is 5. The van der Waals surface area contributed by atoms with Gasteiger partial charge in [-0.2, -0.15) is 0 Å². The van der Waals surface area contributed by atoms with Crippen LogP contribution in [0.1, 0.15) is 22.8 Å². The van der Waals surface area contributed by atoms with Crippen LogP contribution in [0.25, 0.3) is 0 Å². The number of aromatic carboxylic acids is 1. The maximum absolute atomic E-state index is 13.0. The maximum atomic E-state index is 13.0. The van der Waals surface area contributed by atoms with Crippen LogP contribution in [0.5, 0.6) is 0 Å². The van der Waals surface area contributed by atoms with Gasteiger partial charge in [0.05, 0.1) is 21.2 Å². The van der Waals surface area contributed by atoms with Crippen molar-refractivity contribution in [3.63, 3.8) is 0 Å². The van der Waals surface area contributed by atoms with Crippen LogP contribution in [0, 0.1) is 12.3 Å². The topological polar surface area (TPSA) is 74.7 Å². The summed E-state index contributed by atoms with van der Waals surface area (Å²) < 4.78 is 27.4. The van der Waals surface area contributed by atoms with Crippen LogP contribution >= 0.6 is 27.5 Å². The number of carbonyl (C=O) groups is 1. The molecule has 0 aliphatic rings. The molecule has 0 saturated carbocycles. The van der Waals surface area contributed by atoms with Gasteiger partial charge >= 0.3 is 5.97 Å². The molecule has 0 unspecified atom stereocenters. The van der Waals surface area contributed by atoms with E-state index in [1.54, 1.807) is 31.2 Å². The van der Waals surface area contributed by atoms with E-state index in [1.807, 2.05) is 0 Å². The van der Waals surface area contributed by atoms with E-state index >= 15 is 0 Å². The molecule has 0 fully saturated rings. The fourth-order valence-electron chi connectivity index (χ4n) is 2.24. The molecule has 8 heteroatoms. The number of halogens is 2. The number of sulfonamides is 1. The lowest BCUT2D eigenvalue weighted by Gasteiger charge is -2.23. The van der Waals surface area contributed by atoms with Gasteiger partial charge in [0.15, 0.2) is 0 Å². The second-order valence-corrected chi connectivity index (χ2v) is 8.03. The lowest BCUT2D eigenvalue weighted by Crippen LogP contribution is -2.31. The van der Waals surface area contributed by atoms with Gasteiger partial charge in [0.1, 0.15) is 0 Å². The van der Waals surface area contributed by atoms with E-state index in [9.17, 15) is 18.3 Å². The Kier molecular flexibility index (Phi) is 5.78. The normalized spacial score (nSPS) is 11.0. The van der Waals surface area contributed by atoms with Gasteiger partial charge in [0.2, 0.25) is 0 Å². The number of nitrogens with zero attached hydrogens (tertiary/aromatic N) is 1. The fourth-order valence-corrected chi connectivity index (χ4v) is 4.56. The molecule has 2 rings (SSSR count). The van der Waals surface area contributed by atoms with Crippen molar-refractivity contribution in [3.8, 4) is 12.3 Å². The van der Waals surface area contributed by atoms with Gasteiger partial charge < -0.3 is 5.11 Å². The summed E-state index contributed by atoms with van der Waals surface area (Å²) >= 11 is 9.03. The molecular formula is C17H13BrClNO4S. The summed E-state index contributed by atoms with van der Waals surface area (Å²) in [5.41, 5.74) is 0.624. The Hall–Kier alpha value is -2.01. The van der Waals surface area contributed by atoms with Crippen molar-refractivity contribution < 1.29 is 18.3 Å². The van der Waals surface area contributed by atoms with Gasteiger partial charge in [-0.25, -0.2) is 13.2 Å². The van der Waals surface area contributed by atoms with Crippen LogP contribution in [-0.2, 0) is 10.0 Å². The first-order valence-electron chi connectivity index (χ1n) is 7.04. The monoisotopic (exact) mass is 441 g/mol. The highest BCUT2D eigenvalue weighted by molar-refractivity contribution is 9.10. The highest BCUT2D eigenvalue weighted by Gasteiger charge is 2.27. The van der Waals surface area contributed by atoms with Crippen molar-refractivity contribution in [1.29, 1.82) is 0 Å². The van der Waals surface area contributed by atoms with Gasteiger partial charge in [0.25, 0.3) is 10.0 Å². The quantitative estimate of drug-likeness (QED) is 0.710. The first kappa shape index (κ1) is 19.3. The Morgan fingerprint density at radius 1 is 1.36 bits per heavy atom. The van der Waals surface area contributed by atoms with E-state index in [2.05, 4.69) is 21.9 Å². The molecule has 0 radical (unpaired) electrons. The summed E-state index contributed by atoms with van der Waals surface area (Å²) in [4.78, 5) is 11.1. The standard InChI is InChI=1S/C17H13BrClNO4S/c1-3-11-6-5-7-12(8-11)20(4-2)25(23,24)13-9-14(17(21)22)16(19)15(18)10-13/h1,5-10H,4H2,2H3,(H,21,22). The lowest BCUT2D eigenvalue weighted by molar-refractivity contribution is 0.0696. The molecular weight excluding hydrogens is 430 g/mol. The Balaban J connectivity index is 2.63. The maximum Gasteiger partial charge on any atom is 0.337 e. The number of hydrogen-bond donors (Lipinski definition) is 1. The van der Waals surface area contributed by atoms with E-state index in [-0.39, 0.29) is 26.5 Å². The molecule has 0 atom stereocenters. The molecule has 130 valence electrons. The Labute approximate surface area is 159 Å². The van der Waals surface area contributed by atoms with Gasteiger partial charge in [0, 0.05) is 16.6 Å². The molecule has 1 N–H and O–H groups in total. The number of benzene rings is 2. The van der Waals surface area contributed by atoms with Crippen molar-refractivity contribution >= 4 is 49.2 Å². The van der Waals surface area contributed by atoms with E-state index < -0.39 is 16.0 Å². The van der Waals surface area contributed by atoms with Crippen LogP contribution in [0.15, 0.2) is 45.8 Å². The van der Waals surface area contributed by atoms with Crippen molar-refractivity contribution in [2.45, 2.75) is 11.8 Å². The average molecular weight is 443 g/mol. The van der Waals surface area contributed by atoms with Gasteiger partial charge in [-0.1, -0.05) is 23.6 Å². The minimum absolute atomic E-state index is 0.0659. The van der Waals surface area contributed by atoms with Crippen molar-refractivity contribution in [3.05, 3.63) is 57.0 Å². The van der Waals surface area contributed by atoms with E-state index in [0.29, 0.717) is 11.3 Å². The van der Waals surface area contributed by atoms with Gasteiger partial charge in [-0.05, 0) is 53.2 Å². The molecule has 0 heterocycles. The molecule has 0 bridgehead atoms. The molecule has 0 aliphatic carbocycles. The third kappa shape index (κ3) is 3.82. The van der Waals surface area contributed by atoms with Crippen LogP contribution in [0.4, 0.5) is 5.69 Å². The Morgan fingerprint density at radius 3 is 2.60 bits per heavy atom. The fraction of sp³-hybridized carbons (Fsp3) is 0.118. The van der Waals surface area contributed by atoms with E-state index in [4.69, 9.17) is 18.0 Å². The van der Waals surface area contributed by atoms with Crippen LogP contribution in [0.3, 0.4) is 0 Å². The highest BCUT2D eigenvalue weighted by atomic mass is 79.9. The predicted octanol–water partition coefficient (Wildman–Crippen LogP) is 4.00.